The number of nitrogens with zero attached hydrogens (tertiary/aromatic N) is 4. The molecule has 206 valence electrons. The highest BCUT2D eigenvalue weighted by atomic mass is 16.5. The molecule has 1 amide bonds. The van der Waals surface area contributed by atoms with Gasteiger partial charge in [-0.2, -0.15) is 5.10 Å². The average Bonchev–Trinajstić information content (AvgIpc) is 3.55. The van der Waals surface area contributed by atoms with Gasteiger partial charge < -0.3 is 20.3 Å². The number of nitrogen functional groups attached to an aromatic ring is 1. The fourth-order valence-electron chi connectivity index (χ4n) is 5.76. The van der Waals surface area contributed by atoms with Gasteiger partial charge >= 0.3 is 0 Å². The minimum Gasteiger partial charge on any atom is -0.398 e. The summed E-state index contributed by atoms with van der Waals surface area (Å²) in [4.78, 5) is 20.4. The first-order valence-corrected chi connectivity index (χ1v) is 14.0. The van der Waals surface area contributed by atoms with Crippen molar-refractivity contribution in [1.82, 2.24) is 20.0 Å². The Labute approximate surface area is 235 Å². The van der Waals surface area contributed by atoms with E-state index in [4.69, 9.17) is 10.5 Å². The van der Waals surface area contributed by atoms with Crippen LogP contribution in [0.15, 0.2) is 60.7 Å². The van der Waals surface area contributed by atoms with Crippen LogP contribution in [-0.4, -0.2) is 72.3 Å². The van der Waals surface area contributed by atoms with Gasteiger partial charge in [0, 0.05) is 75.2 Å². The minimum atomic E-state index is -0.0102. The summed E-state index contributed by atoms with van der Waals surface area (Å²) in [6.07, 6.45) is 5.14. The Bertz CT molecular complexity index is 1540. The molecule has 0 radical (unpaired) electrons. The van der Waals surface area contributed by atoms with Gasteiger partial charge in [-0.25, -0.2) is 0 Å². The maximum atomic E-state index is 13.6. The molecule has 8 nitrogen and oxygen atoms in total. The predicted octanol–water partition coefficient (Wildman–Crippen LogP) is 4.63. The second-order valence-corrected chi connectivity index (χ2v) is 10.6. The summed E-state index contributed by atoms with van der Waals surface area (Å²) in [5, 5.41) is 8.66. The van der Waals surface area contributed by atoms with Crippen molar-refractivity contribution >= 4 is 40.3 Å². The van der Waals surface area contributed by atoms with E-state index in [0.29, 0.717) is 17.8 Å². The first kappa shape index (κ1) is 26.3. The van der Waals surface area contributed by atoms with E-state index in [-0.39, 0.29) is 5.91 Å². The number of H-pyrrole nitrogens is 1. The van der Waals surface area contributed by atoms with Crippen LogP contribution in [0, 0.1) is 0 Å². The largest absolute Gasteiger partial charge is 0.398 e. The Balaban J connectivity index is 1.26. The maximum absolute atomic E-state index is 13.6. The van der Waals surface area contributed by atoms with Crippen LogP contribution in [0.3, 0.4) is 0 Å². The molecule has 0 atom stereocenters. The van der Waals surface area contributed by atoms with Crippen LogP contribution in [0.5, 0.6) is 0 Å². The van der Waals surface area contributed by atoms with E-state index in [1.54, 1.807) is 7.11 Å². The van der Waals surface area contributed by atoms with Crippen molar-refractivity contribution in [3.63, 3.8) is 0 Å². The van der Waals surface area contributed by atoms with Crippen molar-refractivity contribution in [3.8, 4) is 0 Å². The van der Waals surface area contributed by atoms with Crippen molar-refractivity contribution in [2.24, 2.45) is 0 Å². The van der Waals surface area contributed by atoms with Crippen LogP contribution in [0.25, 0.3) is 23.1 Å². The molecular formula is C32H36N6O2. The molecule has 0 saturated carbocycles. The Hall–Kier alpha value is -3.98. The number of rotatable bonds is 9. The maximum Gasteiger partial charge on any atom is 0.259 e. The van der Waals surface area contributed by atoms with Crippen molar-refractivity contribution in [1.29, 1.82) is 0 Å². The van der Waals surface area contributed by atoms with E-state index in [0.717, 1.165) is 85.7 Å². The summed E-state index contributed by atoms with van der Waals surface area (Å²) in [6, 6.07) is 20.1. The highest BCUT2D eigenvalue weighted by molar-refractivity contribution is 6.12. The molecule has 1 aromatic heterocycles. The SMILES string of the molecule is COCCCN1CCN(Cc2ccc(C=Cc3n[nH]c4ccccc34)c(N3Cc4c(N)cccc4C3=O)c2)CC1. The number of carbonyl (C=O) groups is 1. The number of aromatic amines is 1. The zero-order valence-electron chi connectivity index (χ0n) is 23.0. The Kier molecular flexibility index (Phi) is 7.64. The number of para-hydroxylation sites is 1. The lowest BCUT2D eigenvalue weighted by Crippen LogP contribution is -2.46. The van der Waals surface area contributed by atoms with Gasteiger partial charge in [0.05, 0.1) is 23.4 Å². The van der Waals surface area contributed by atoms with Crippen molar-refractivity contribution < 1.29 is 9.53 Å². The number of piperazine rings is 1. The van der Waals surface area contributed by atoms with Crippen LogP contribution in [0.1, 0.15) is 39.2 Å². The number of fused-ring (bicyclic) bond motifs is 2. The fraction of sp³-hybridized carbons (Fsp3) is 0.312. The number of nitrogens with two attached hydrogens (primary N) is 1. The van der Waals surface area contributed by atoms with Crippen molar-refractivity contribution in [2.75, 3.05) is 57.1 Å². The molecule has 0 unspecified atom stereocenters. The molecule has 2 aliphatic rings. The quantitative estimate of drug-likeness (QED) is 0.240. The van der Waals surface area contributed by atoms with Gasteiger partial charge in [-0.05, 0) is 47.9 Å². The molecule has 3 aromatic carbocycles. The highest BCUT2D eigenvalue weighted by Gasteiger charge is 2.31. The molecule has 3 N–H and O–H groups in total. The lowest BCUT2D eigenvalue weighted by molar-refractivity contribution is 0.0996. The molecule has 6 rings (SSSR count). The third-order valence-corrected chi connectivity index (χ3v) is 8.00. The number of anilines is 2. The highest BCUT2D eigenvalue weighted by Crippen LogP contribution is 2.35. The van der Waals surface area contributed by atoms with Gasteiger partial charge in [-0.3, -0.25) is 14.8 Å². The number of benzene rings is 3. The van der Waals surface area contributed by atoms with E-state index in [2.05, 4.69) is 50.3 Å². The third kappa shape index (κ3) is 5.38. The first-order chi connectivity index (χ1) is 19.6. The van der Waals surface area contributed by atoms with E-state index in [9.17, 15) is 4.79 Å². The summed E-state index contributed by atoms with van der Waals surface area (Å²) in [5.41, 5.74) is 13.4. The van der Waals surface area contributed by atoms with Crippen molar-refractivity contribution in [2.45, 2.75) is 19.5 Å². The molecule has 40 heavy (non-hydrogen) atoms. The Morgan fingerprint density at radius 3 is 2.65 bits per heavy atom. The van der Waals surface area contributed by atoms with E-state index in [1.807, 2.05) is 47.4 Å². The summed E-state index contributed by atoms with van der Waals surface area (Å²) in [5.74, 6) is -0.0102. The van der Waals surface area contributed by atoms with Gasteiger partial charge in [-0.15, -0.1) is 0 Å². The molecule has 4 aromatic rings. The van der Waals surface area contributed by atoms with Crippen LogP contribution in [0.4, 0.5) is 11.4 Å². The van der Waals surface area contributed by atoms with Crippen LogP contribution >= 0.6 is 0 Å². The summed E-state index contributed by atoms with van der Waals surface area (Å²) < 4.78 is 5.21. The average molecular weight is 537 g/mol. The molecule has 1 fully saturated rings. The number of hydrogen-bond acceptors (Lipinski definition) is 6. The molecular weight excluding hydrogens is 500 g/mol. The monoisotopic (exact) mass is 536 g/mol. The van der Waals surface area contributed by atoms with E-state index in [1.165, 1.54) is 5.56 Å². The second-order valence-electron chi connectivity index (χ2n) is 10.6. The van der Waals surface area contributed by atoms with Crippen LogP contribution in [-0.2, 0) is 17.8 Å². The fourth-order valence-corrected chi connectivity index (χ4v) is 5.76. The first-order valence-electron chi connectivity index (χ1n) is 14.0. The number of hydrogen-bond donors (Lipinski definition) is 2. The molecule has 8 heteroatoms. The van der Waals surface area contributed by atoms with Crippen molar-refractivity contribution in [3.05, 3.63) is 88.6 Å². The van der Waals surface area contributed by atoms with Gasteiger partial charge in [0.2, 0.25) is 0 Å². The standard InChI is InChI=1S/C32H36N6O2/c1-40-19-5-14-36-15-17-37(18-16-36)21-23-10-11-24(12-13-30-26-6-2-3-9-29(26)34-35-30)31(20-23)38-22-27-25(32(38)39)7-4-8-28(27)33/h2-4,6-13,20H,5,14-19,21-22,33H2,1H3,(H,34,35). The number of carbonyl (C=O) groups excluding carboxylic acids is 1. The summed E-state index contributed by atoms with van der Waals surface area (Å²) in [7, 11) is 1.76. The van der Waals surface area contributed by atoms with E-state index < -0.39 is 0 Å². The summed E-state index contributed by atoms with van der Waals surface area (Å²) in [6.45, 7) is 7.40. The van der Waals surface area contributed by atoms with Crippen LogP contribution in [0.2, 0.25) is 0 Å². The second kappa shape index (κ2) is 11.6. The Morgan fingerprint density at radius 2 is 1.82 bits per heavy atom. The lowest BCUT2D eigenvalue weighted by atomic mass is 10.1. The summed E-state index contributed by atoms with van der Waals surface area (Å²) >= 11 is 0. The third-order valence-electron chi connectivity index (χ3n) is 8.00. The predicted molar refractivity (Wildman–Crippen MR) is 161 cm³/mol. The van der Waals surface area contributed by atoms with Crippen LogP contribution < -0.4 is 10.6 Å². The van der Waals surface area contributed by atoms with Gasteiger partial charge in [-0.1, -0.05) is 42.5 Å². The van der Waals surface area contributed by atoms with E-state index >= 15 is 0 Å². The molecule has 2 aliphatic heterocycles. The number of methoxy groups -OCH3 is 1. The van der Waals surface area contributed by atoms with Gasteiger partial charge in [0.15, 0.2) is 0 Å². The van der Waals surface area contributed by atoms with Gasteiger partial charge in [0.1, 0.15) is 0 Å². The number of aromatic nitrogens is 2. The topological polar surface area (TPSA) is 90.7 Å². The molecule has 0 spiro atoms. The molecule has 0 bridgehead atoms. The zero-order valence-corrected chi connectivity index (χ0v) is 23.0. The molecule has 1 saturated heterocycles. The lowest BCUT2D eigenvalue weighted by Gasteiger charge is -2.34. The normalized spacial score (nSPS) is 16.4. The number of ether oxygens (including phenoxy) is 1. The molecule has 0 aliphatic carbocycles. The number of amides is 1. The minimum absolute atomic E-state index is 0.0102. The zero-order chi connectivity index (χ0) is 27.5. The molecule has 3 heterocycles. The number of nitrogens with one attached hydrogen (secondary N) is 1. The Morgan fingerprint density at radius 1 is 1.00 bits per heavy atom. The van der Waals surface area contributed by atoms with Gasteiger partial charge in [0.25, 0.3) is 5.91 Å². The smallest absolute Gasteiger partial charge is 0.259 e.